The lowest BCUT2D eigenvalue weighted by atomic mass is 10.0. The van der Waals surface area contributed by atoms with E-state index in [0.29, 0.717) is 0 Å². The third kappa shape index (κ3) is 2.13. The second-order valence-electron chi connectivity index (χ2n) is 6.02. The lowest BCUT2D eigenvalue weighted by molar-refractivity contribution is 0.387. The summed E-state index contributed by atoms with van der Waals surface area (Å²) in [5.41, 5.74) is 1.22. The summed E-state index contributed by atoms with van der Waals surface area (Å²) in [5.74, 6) is 1.70. The van der Waals surface area contributed by atoms with Crippen LogP contribution in [0.5, 0.6) is 0 Å². The van der Waals surface area contributed by atoms with Crippen LogP contribution in [0, 0.1) is 11.8 Å². The quantitative estimate of drug-likeness (QED) is 0.846. The van der Waals surface area contributed by atoms with Crippen LogP contribution in [-0.4, -0.2) is 43.1 Å². The molecule has 0 aliphatic carbocycles. The zero-order chi connectivity index (χ0) is 13.5. The monoisotopic (exact) mass is 285 g/mol. The van der Waals surface area contributed by atoms with E-state index in [9.17, 15) is 0 Å². The van der Waals surface area contributed by atoms with Crippen LogP contribution in [0.1, 0.15) is 0 Å². The number of anilines is 1. The lowest BCUT2D eigenvalue weighted by Crippen LogP contribution is -2.25. The number of nitrogens with zero attached hydrogens (tertiary/aromatic N) is 3. The molecule has 2 saturated heterocycles. The van der Waals surface area contributed by atoms with Gasteiger partial charge in [0.15, 0.2) is 0 Å². The van der Waals surface area contributed by atoms with E-state index in [-0.39, 0.29) is 0 Å². The summed E-state index contributed by atoms with van der Waals surface area (Å²) in [6, 6.07) is 10.5. The van der Waals surface area contributed by atoms with Crippen LogP contribution >= 0.6 is 11.3 Å². The van der Waals surface area contributed by atoms with E-state index >= 15 is 0 Å². The average molecular weight is 285 g/mol. The number of likely N-dealkylation sites (tertiary alicyclic amines) is 1. The number of hydrogen-bond donors (Lipinski definition) is 0. The highest BCUT2D eigenvalue weighted by Crippen LogP contribution is 2.37. The minimum Gasteiger partial charge on any atom is -0.361 e. The van der Waals surface area contributed by atoms with Crippen molar-refractivity contribution in [1.29, 1.82) is 0 Å². The first-order valence-electron chi connectivity index (χ1n) is 7.24. The van der Waals surface area contributed by atoms with Crippen molar-refractivity contribution in [2.24, 2.45) is 11.8 Å². The fourth-order valence-electron chi connectivity index (χ4n) is 3.53. The second-order valence-corrected chi connectivity index (χ2v) is 7.03. The maximum absolute atomic E-state index is 4.61. The van der Waals surface area contributed by atoms with Crippen molar-refractivity contribution in [2.45, 2.75) is 0 Å². The van der Waals surface area contributed by atoms with Crippen molar-refractivity contribution in [3.63, 3.8) is 0 Å². The minimum atomic E-state index is 0.849. The van der Waals surface area contributed by atoms with Crippen LogP contribution in [0.2, 0.25) is 0 Å². The molecule has 2 atom stereocenters. The second kappa shape index (κ2) is 4.86. The molecular weight excluding hydrogens is 266 g/mol. The Kier molecular flexibility index (Phi) is 3.00. The van der Waals surface area contributed by atoms with Crippen molar-refractivity contribution < 1.29 is 0 Å². The Morgan fingerprint density at radius 1 is 1.05 bits per heavy atom. The summed E-state index contributed by atoms with van der Waals surface area (Å²) < 4.78 is 0. The number of fused-ring (bicyclic) bond motifs is 1. The van der Waals surface area contributed by atoms with E-state index in [1.54, 1.807) is 0 Å². The van der Waals surface area contributed by atoms with Gasteiger partial charge in [0.2, 0.25) is 0 Å². The van der Waals surface area contributed by atoms with E-state index in [1.165, 1.54) is 36.7 Å². The van der Waals surface area contributed by atoms with Crippen molar-refractivity contribution in [3.8, 4) is 10.6 Å². The third-order valence-electron chi connectivity index (χ3n) is 4.49. The van der Waals surface area contributed by atoms with Gasteiger partial charge < -0.3 is 9.80 Å². The van der Waals surface area contributed by atoms with E-state index in [2.05, 4.69) is 58.4 Å². The molecule has 2 aromatic rings. The molecule has 0 N–H and O–H groups in total. The molecule has 1 aromatic heterocycles. The molecule has 0 radical (unpaired) electrons. The predicted molar refractivity (Wildman–Crippen MR) is 84.2 cm³/mol. The first kappa shape index (κ1) is 12.4. The molecule has 3 heterocycles. The summed E-state index contributed by atoms with van der Waals surface area (Å²) in [6.45, 7) is 4.91. The molecule has 2 unspecified atom stereocenters. The summed E-state index contributed by atoms with van der Waals surface area (Å²) in [5, 5.41) is 2.47. The van der Waals surface area contributed by atoms with Crippen molar-refractivity contribution in [3.05, 3.63) is 36.5 Å². The zero-order valence-corrected chi connectivity index (χ0v) is 12.5. The van der Waals surface area contributed by atoms with Crippen molar-refractivity contribution >= 4 is 16.3 Å². The molecule has 4 rings (SSSR count). The molecular formula is C16H19N3S. The number of rotatable bonds is 2. The van der Waals surface area contributed by atoms with E-state index in [1.807, 2.05) is 11.3 Å². The molecule has 3 nitrogen and oxygen atoms in total. The van der Waals surface area contributed by atoms with E-state index in [0.717, 1.165) is 16.8 Å². The van der Waals surface area contributed by atoms with Gasteiger partial charge in [0.05, 0.1) is 6.20 Å². The van der Waals surface area contributed by atoms with Gasteiger partial charge in [-0.2, -0.15) is 0 Å². The maximum atomic E-state index is 4.61. The SMILES string of the molecule is CN1CC2CN(c3cnc(-c4ccccc4)s3)CC2C1. The summed E-state index contributed by atoms with van der Waals surface area (Å²) in [4.78, 5) is 9.61. The van der Waals surface area contributed by atoms with Gasteiger partial charge in [0.1, 0.15) is 10.0 Å². The van der Waals surface area contributed by atoms with Crippen LogP contribution in [0.15, 0.2) is 36.5 Å². The maximum Gasteiger partial charge on any atom is 0.125 e. The standard InChI is InChI=1S/C16H19N3S/c1-18-8-13-10-19(11-14(13)9-18)15-7-17-16(20-15)12-5-3-2-4-6-12/h2-7,13-14H,8-11H2,1H3. The number of hydrogen-bond acceptors (Lipinski definition) is 4. The molecule has 2 aliphatic heterocycles. The summed E-state index contributed by atoms with van der Waals surface area (Å²) in [6.07, 6.45) is 2.05. The number of thiazole rings is 1. The van der Waals surface area contributed by atoms with Gasteiger partial charge in [-0.25, -0.2) is 4.98 Å². The van der Waals surface area contributed by atoms with Crippen molar-refractivity contribution in [1.82, 2.24) is 9.88 Å². The fourth-order valence-corrected chi connectivity index (χ4v) is 4.47. The van der Waals surface area contributed by atoms with Gasteiger partial charge in [0, 0.05) is 31.7 Å². The molecule has 0 amide bonds. The Balaban J connectivity index is 1.52. The van der Waals surface area contributed by atoms with Crippen molar-refractivity contribution in [2.75, 3.05) is 38.1 Å². The smallest absolute Gasteiger partial charge is 0.125 e. The van der Waals surface area contributed by atoms with Gasteiger partial charge in [0.25, 0.3) is 0 Å². The molecule has 2 fully saturated rings. The van der Waals surface area contributed by atoms with Gasteiger partial charge in [-0.05, 0) is 18.9 Å². The lowest BCUT2D eigenvalue weighted by Gasteiger charge is -2.18. The summed E-state index contributed by atoms with van der Waals surface area (Å²) >= 11 is 1.82. The molecule has 4 heteroatoms. The minimum absolute atomic E-state index is 0.849. The third-order valence-corrected chi connectivity index (χ3v) is 5.60. The first-order chi connectivity index (χ1) is 9.79. The Bertz CT molecular complexity index is 581. The largest absolute Gasteiger partial charge is 0.361 e. The van der Waals surface area contributed by atoms with Crippen LogP contribution < -0.4 is 4.90 Å². The van der Waals surface area contributed by atoms with Crippen LogP contribution in [-0.2, 0) is 0 Å². The Hall–Kier alpha value is -1.39. The van der Waals surface area contributed by atoms with Gasteiger partial charge >= 0.3 is 0 Å². The van der Waals surface area contributed by atoms with Crippen LogP contribution in [0.4, 0.5) is 5.00 Å². The molecule has 1 aromatic carbocycles. The highest BCUT2D eigenvalue weighted by molar-refractivity contribution is 7.18. The van der Waals surface area contributed by atoms with Gasteiger partial charge in [-0.3, -0.25) is 0 Å². The van der Waals surface area contributed by atoms with Crippen LogP contribution in [0.3, 0.4) is 0 Å². The van der Waals surface area contributed by atoms with E-state index < -0.39 is 0 Å². The van der Waals surface area contributed by atoms with E-state index in [4.69, 9.17) is 0 Å². The molecule has 2 aliphatic rings. The zero-order valence-electron chi connectivity index (χ0n) is 11.7. The number of aromatic nitrogens is 1. The first-order valence-corrected chi connectivity index (χ1v) is 8.06. The van der Waals surface area contributed by atoms with Gasteiger partial charge in [-0.15, -0.1) is 0 Å². The highest BCUT2D eigenvalue weighted by Gasteiger charge is 2.39. The summed E-state index contributed by atoms with van der Waals surface area (Å²) in [7, 11) is 2.24. The highest BCUT2D eigenvalue weighted by atomic mass is 32.1. The average Bonchev–Trinajstić information content (AvgIpc) is 3.12. The Morgan fingerprint density at radius 2 is 1.75 bits per heavy atom. The topological polar surface area (TPSA) is 19.4 Å². The predicted octanol–water partition coefficient (Wildman–Crippen LogP) is 2.81. The normalized spacial score (nSPS) is 26.1. The molecule has 0 bridgehead atoms. The van der Waals surface area contributed by atoms with Crippen LogP contribution in [0.25, 0.3) is 10.6 Å². The number of benzene rings is 1. The Morgan fingerprint density at radius 3 is 2.45 bits per heavy atom. The molecule has 104 valence electrons. The van der Waals surface area contributed by atoms with Gasteiger partial charge in [-0.1, -0.05) is 41.7 Å². The Labute approximate surface area is 123 Å². The molecule has 20 heavy (non-hydrogen) atoms. The molecule has 0 spiro atoms. The molecule has 0 saturated carbocycles. The fraction of sp³-hybridized carbons (Fsp3) is 0.438.